The number of nitrogens with zero attached hydrogens (tertiary/aromatic N) is 3. The summed E-state index contributed by atoms with van der Waals surface area (Å²) >= 11 is 0. The second-order valence-corrected chi connectivity index (χ2v) is 8.19. The SMILES string of the molecule is COc1cc(CN2CCCC(CCC(=O)N3CCN(C)CC3)C2)cc(OC)c1. The Kier molecular flexibility index (Phi) is 7.57. The summed E-state index contributed by atoms with van der Waals surface area (Å²) in [6.07, 6.45) is 4.13. The Morgan fingerprint density at radius 3 is 2.36 bits per heavy atom. The number of likely N-dealkylation sites (N-methyl/N-ethyl adjacent to an activating group) is 1. The standard InChI is InChI=1S/C22H35N3O3/c1-23-9-11-25(12-10-23)22(26)7-6-18-5-4-8-24(16-18)17-19-13-20(27-2)15-21(14-19)28-3/h13-15,18H,4-12,16-17H2,1-3H3. The predicted molar refractivity (Wildman–Crippen MR) is 111 cm³/mol. The highest BCUT2D eigenvalue weighted by molar-refractivity contribution is 5.76. The highest BCUT2D eigenvalue weighted by Crippen LogP contribution is 2.26. The van der Waals surface area contributed by atoms with Crippen LogP contribution in [0.2, 0.25) is 0 Å². The third-order valence-electron chi connectivity index (χ3n) is 6.04. The molecule has 1 unspecified atom stereocenters. The minimum atomic E-state index is 0.336. The number of carbonyl (C=O) groups is 1. The van der Waals surface area contributed by atoms with E-state index in [-0.39, 0.29) is 0 Å². The summed E-state index contributed by atoms with van der Waals surface area (Å²) in [7, 11) is 5.50. The van der Waals surface area contributed by atoms with Crippen molar-refractivity contribution in [1.29, 1.82) is 0 Å². The predicted octanol–water partition coefficient (Wildman–Crippen LogP) is 2.47. The Labute approximate surface area is 169 Å². The fourth-order valence-corrected chi connectivity index (χ4v) is 4.29. The fourth-order valence-electron chi connectivity index (χ4n) is 4.29. The molecule has 1 aromatic rings. The van der Waals surface area contributed by atoms with Gasteiger partial charge in [0.25, 0.3) is 0 Å². The van der Waals surface area contributed by atoms with E-state index < -0.39 is 0 Å². The van der Waals surface area contributed by atoms with Crippen LogP contribution in [0.1, 0.15) is 31.2 Å². The molecule has 0 saturated carbocycles. The molecule has 2 aliphatic heterocycles. The van der Waals surface area contributed by atoms with Crippen molar-refractivity contribution < 1.29 is 14.3 Å². The second-order valence-electron chi connectivity index (χ2n) is 8.19. The number of ether oxygens (including phenoxy) is 2. The first-order chi connectivity index (χ1) is 13.6. The summed E-state index contributed by atoms with van der Waals surface area (Å²) in [5.41, 5.74) is 1.21. The average molecular weight is 390 g/mol. The van der Waals surface area contributed by atoms with Gasteiger partial charge >= 0.3 is 0 Å². The number of piperidine rings is 1. The molecular formula is C22H35N3O3. The maximum atomic E-state index is 12.5. The largest absolute Gasteiger partial charge is 0.497 e. The van der Waals surface area contributed by atoms with Gasteiger partial charge in [0.05, 0.1) is 14.2 Å². The quantitative estimate of drug-likeness (QED) is 0.717. The smallest absolute Gasteiger partial charge is 0.222 e. The third kappa shape index (κ3) is 5.85. The van der Waals surface area contributed by atoms with Crippen LogP contribution in [-0.4, -0.2) is 81.1 Å². The van der Waals surface area contributed by atoms with Crippen molar-refractivity contribution in [3.05, 3.63) is 23.8 Å². The Morgan fingerprint density at radius 2 is 1.71 bits per heavy atom. The molecule has 0 radical (unpaired) electrons. The molecule has 1 atom stereocenters. The number of hydrogen-bond donors (Lipinski definition) is 0. The van der Waals surface area contributed by atoms with Gasteiger partial charge in [0.1, 0.15) is 11.5 Å². The molecule has 156 valence electrons. The summed E-state index contributed by atoms with van der Waals surface area (Å²) in [5, 5.41) is 0. The lowest BCUT2D eigenvalue weighted by molar-refractivity contribution is -0.133. The van der Waals surface area contributed by atoms with Crippen molar-refractivity contribution in [1.82, 2.24) is 14.7 Å². The van der Waals surface area contributed by atoms with Crippen LogP contribution in [0.4, 0.5) is 0 Å². The number of carbonyl (C=O) groups excluding carboxylic acids is 1. The zero-order chi connectivity index (χ0) is 19.9. The number of likely N-dealkylation sites (tertiary alicyclic amines) is 1. The summed E-state index contributed by atoms with van der Waals surface area (Å²) in [6.45, 7) is 6.82. The van der Waals surface area contributed by atoms with Crippen molar-refractivity contribution >= 4 is 5.91 Å². The number of amides is 1. The average Bonchev–Trinajstić information content (AvgIpc) is 2.72. The number of methoxy groups -OCH3 is 2. The third-order valence-corrected chi connectivity index (χ3v) is 6.04. The van der Waals surface area contributed by atoms with Gasteiger partial charge in [-0.05, 0) is 56.5 Å². The van der Waals surface area contributed by atoms with Gasteiger partial charge in [-0.2, -0.15) is 0 Å². The van der Waals surface area contributed by atoms with Crippen LogP contribution in [0.3, 0.4) is 0 Å². The minimum Gasteiger partial charge on any atom is -0.497 e. The summed E-state index contributed by atoms with van der Waals surface area (Å²) in [5.74, 6) is 2.61. The van der Waals surface area contributed by atoms with Crippen LogP contribution in [0.15, 0.2) is 18.2 Å². The van der Waals surface area contributed by atoms with Gasteiger partial charge in [0, 0.05) is 51.8 Å². The van der Waals surface area contributed by atoms with Gasteiger partial charge in [0.2, 0.25) is 5.91 Å². The first-order valence-corrected chi connectivity index (χ1v) is 10.5. The Balaban J connectivity index is 1.48. The Bertz CT molecular complexity index is 622. The lowest BCUT2D eigenvalue weighted by Gasteiger charge is -2.34. The number of rotatable bonds is 7. The number of benzene rings is 1. The van der Waals surface area contributed by atoms with Gasteiger partial charge in [-0.25, -0.2) is 0 Å². The van der Waals surface area contributed by atoms with E-state index in [4.69, 9.17) is 9.47 Å². The number of hydrogen-bond acceptors (Lipinski definition) is 5. The van der Waals surface area contributed by atoms with Crippen molar-refractivity contribution in [3.63, 3.8) is 0 Å². The van der Waals surface area contributed by atoms with Crippen molar-refractivity contribution in [2.45, 2.75) is 32.2 Å². The van der Waals surface area contributed by atoms with E-state index in [1.807, 2.05) is 11.0 Å². The van der Waals surface area contributed by atoms with Crippen LogP contribution >= 0.6 is 0 Å². The topological polar surface area (TPSA) is 45.2 Å². The molecule has 0 bridgehead atoms. The van der Waals surface area contributed by atoms with Gasteiger partial charge in [-0.3, -0.25) is 9.69 Å². The molecule has 28 heavy (non-hydrogen) atoms. The van der Waals surface area contributed by atoms with E-state index in [0.717, 1.165) is 63.7 Å². The van der Waals surface area contributed by atoms with E-state index in [1.165, 1.54) is 18.4 Å². The highest BCUT2D eigenvalue weighted by atomic mass is 16.5. The lowest BCUT2D eigenvalue weighted by Crippen LogP contribution is -2.47. The molecule has 0 aliphatic carbocycles. The Hall–Kier alpha value is -1.79. The van der Waals surface area contributed by atoms with Crippen LogP contribution < -0.4 is 9.47 Å². The second kappa shape index (κ2) is 10.1. The normalized spacial score (nSPS) is 21.5. The van der Waals surface area contributed by atoms with Gasteiger partial charge in [-0.15, -0.1) is 0 Å². The van der Waals surface area contributed by atoms with E-state index in [9.17, 15) is 4.79 Å². The van der Waals surface area contributed by atoms with E-state index in [2.05, 4.69) is 29.0 Å². The van der Waals surface area contributed by atoms with Crippen molar-refractivity contribution in [2.24, 2.45) is 5.92 Å². The summed E-state index contributed by atoms with van der Waals surface area (Å²) in [4.78, 5) is 19.4. The zero-order valence-corrected chi connectivity index (χ0v) is 17.7. The molecule has 1 amide bonds. The first kappa shape index (κ1) is 20.9. The number of piperazine rings is 1. The van der Waals surface area contributed by atoms with Gasteiger partial charge < -0.3 is 19.3 Å². The molecule has 2 fully saturated rings. The van der Waals surface area contributed by atoms with Crippen LogP contribution in [-0.2, 0) is 11.3 Å². The molecule has 0 aromatic heterocycles. The van der Waals surface area contributed by atoms with Gasteiger partial charge in [-0.1, -0.05) is 0 Å². The molecule has 1 aromatic carbocycles. The fraction of sp³-hybridized carbons (Fsp3) is 0.682. The Morgan fingerprint density at radius 1 is 1.04 bits per heavy atom. The van der Waals surface area contributed by atoms with E-state index in [0.29, 0.717) is 18.2 Å². The molecular weight excluding hydrogens is 354 g/mol. The van der Waals surface area contributed by atoms with Crippen molar-refractivity contribution in [2.75, 3.05) is 60.5 Å². The van der Waals surface area contributed by atoms with Gasteiger partial charge in [0.15, 0.2) is 0 Å². The highest BCUT2D eigenvalue weighted by Gasteiger charge is 2.23. The molecule has 2 saturated heterocycles. The molecule has 2 aliphatic rings. The monoisotopic (exact) mass is 389 g/mol. The minimum absolute atomic E-state index is 0.336. The molecule has 0 N–H and O–H groups in total. The molecule has 2 heterocycles. The molecule has 6 heteroatoms. The van der Waals surface area contributed by atoms with E-state index >= 15 is 0 Å². The molecule has 0 spiro atoms. The zero-order valence-electron chi connectivity index (χ0n) is 17.7. The maximum Gasteiger partial charge on any atom is 0.222 e. The van der Waals surface area contributed by atoms with Crippen LogP contribution in [0.5, 0.6) is 11.5 Å². The molecule has 6 nitrogen and oxygen atoms in total. The van der Waals surface area contributed by atoms with E-state index in [1.54, 1.807) is 14.2 Å². The summed E-state index contributed by atoms with van der Waals surface area (Å²) in [6, 6.07) is 6.08. The molecule has 3 rings (SSSR count). The van der Waals surface area contributed by atoms with Crippen LogP contribution in [0, 0.1) is 5.92 Å². The van der Waals surface area contributed by atoms with Crippen LogP contribution in [0.25, 0.3) is 0 Å². The van der Waals surface area contributed by atoms with Crippen molar-refractivity contribution in [3.8, 4) is 11.5 Å². The lowest BCUT2D eigenvalue weighted by atomic mass is 9.92. The first-order valence-electron chi connectivity index (χ1n) is 10.5. The maximum absolute atomic E-state index is 12.5. The summed E-state index contributed by atoms with van der Waals surface area (Å²) < 4.78 is 10.8.